The molecule has 0 bridgehead atoms. The molecule has 0 radical (unpaired) electrons. The highest BCUT2D eigenvalue weighted by molar-refractivity contribution is 5.94. The van der Waals surface area contributed by atoms with E-state index in [1.165, 1.54) is 12.1 Å². The zero-order valence-electron chi connectivity index (χ0n) is 9.75. The molecule has 3 N–H and O–H groups in total. The van der Waals surface area contributed by atoms with Crippen LogP contribution < -0.4 is 16.2 Å². The Kier molecular flexibility index (Phi) is 3.23. The lowest BCUT2D eigenvalue weighted by atomic mass is 9.80. The number of aromatic amines is 1. The number of amides is 1. The summed E-state index contributed by atoms with van der Waals surface area (Å²) in [7, 11) is 0. The number of piperidine rings is 1. The van der Waals surface area contributed by atoms with Crippen molar-refractivity contribution in [1.29, 1.82) is 0 Å². The van der Waals surface area contributed by atoms with Crippen LogP contribution in [0.3, 0.4) is 0 Å². The normalized spacial score (nSPS) is 18.6. The minimum atomic E-state index is -0.358. The van der Waals surface area contributed by atoms with E-state index in [0.29, 0.717) is 5.82 Å². The maximum absolute atomic E-state index is 12.1. The molecule has 2 rings (SSSR count). The summed E-state index contributed by atoms with van der Waals surface area (Å²) in [5.74, 6) is 0.341. The molecule has 0 saturated carbocycles. The van der Waals surface area contributed by atoms with Gasteiger partial charge in [0.1, 0.15) is 0 Å². The Morgan fingerprint density at radius 3 is 2.71 bits per heavy atom. The first-order chi connectivity index (χ1) is 8.10. The van der Waals surface area contributed by atoms with Crippen LogP contribution in [-0.2, 0) is 4.79 Å². The number of aromatic nitrogens is 2. The fraction of sp³-hybridized carbons (Fsp3) is 0.545. The molecular weight excluding hydrogens is 220 g/mol. The number of H-pyrrole nitrogens is 1. The first kappa shape index (κ1) is 11.8. The molecule has 1 aliphatic heterocycles. The van der Waals surface area contributed by atoms with Gasteiger partial charge in [0.2, 0.25) is 5.91 Å². The molecule has 0 aliphatic carbocycles. The molecular formula is C11H16N4O2. The third-order valence-corrected chi connectivity index (χ3v) is 3.18. The van der Waals surface area contributed by atoms with Crippen molar-refractivity contribution in [3.05, 3.63) is 22.5 Å². The Morgan fingerprint density at radius 1 is 1.41 bits per heavy atom. The molecule has 1 fully saturated rings. The summed E-state index contributed by atoms with van der Waals surface area (Å²) in [6, 6.07) is 2.84. The molecule has 1 amide bonds. The lowest BCUT2D eigenvalue weighted by molar-refractivity contribution is -0.126. The van der Waals surface area contributed by atoms with E-state index in [0.717, 1.165) is 25.9 Å². The average molecular weight is 236 g/mol. The van der Waals surface area contributed by atoms with Gasteiger partial charge in [0.05, 0.1) is 0 Å². The Hall–Kier alpha value is -1.69. The van der Waals surface area contributed by atoms with E-state index < -0.39 is 0 Å². The van der Waals surface area contributed by atoms with Crippen LogP contribution >= 0.6 is 0 Å². The topological polar surface area (TPSA) is 86.9 Å². The van der Waals surface area contributed by atoms with Gasteiger partial charge in [-0.1, -0.05) is 6.92 Å². The van der Waals surface area contributed by atoms with Gasteiger partial charge in [0.15, 0.2) is 5.82 Å². The van der Waals surface area contributed by atoms with Crippen LogP contribution in [0.5, 0.6) is 0 Å². The Morgan fingerprint density at radius 2 is 2.12 bits per heavy atom. The summed E-state index contributed by atoms with van der Waals surface area (Å²) in [5.41, 5.74) is -0.639. The molecule has 0 spiro atoms. The molecule has 92 valence electrons. The second-order valence-corrected chi connectivity index (χ2v) is 4.57. The fourth-order valence-electron chi connectivity index (χ4n) is 1.89. The van der Waals surface area contributed by atoms with Crippen molar-refractivity contribution < 1.29 is 4.79 Å². The number of carbonyl (C=O) groups is 1. The average Bonchev–Trinajstić information content (AvgIpc) is 2.33. The molecule has 0 unspecified atom stereocenters. The third-order valence-electron chi connectivity index (χ3n) is 3.18. The van der Waals surface area contributed by atoms with Crippen molar-refractivity contribution in [2.45, 2.75) is 19.8 Å². The van der Waals surface area contributed by atoms with Crippen molar-refractivity contribution in [3.8, 4) is 0 Å². The first-order valence-corrected chi connectivity index (χ1v) is 5.68. The standard InChI is InChI=1S/C11H16N4O2/c1-11(4-6-12-7-5-11)10(17)13-8-2-3-9(16)15-14-8/h2-3,12H,4-7H2,1H3,(H,15,16)(H,13,14,17). The Balaban J connectivity index is 2.05. The van der Waals surface area contributed by atoms with Gasteiger partial charge in [-0.3, -0.25) is 9.59 Å². The van der Waals surface area contributed by atoms with Gasteiger partial charge in [0.25, 0.3) is 5.56 Å². The van der Waals surface area contributed by atoms with E-state index in [2.05, 4.69) is 20.8 Å². The fourth-order valence-corrected chi connectivity index (χ4v) is 1.89. The van der Waals surface area contributed by atoms with E-state index in [9.17, 15) is 9.59 Å². The maximum Gasteiger partial charge on any atom is 0.264 e. The van der Waals surface area contributed by atoms with Crippen molar-refractivity contribution in [2.24, 2.45) is 5.41 Å². The second-order valence-electron chi connectivity index (χ2n) is 4.57. The lowest BCUT2D eigenvalue weighted by Gasteiger charge is -2.32. The highest BCUT2D eigenvalue weighted by Crippen LogP contribution is 2.29. The summed E-state index contributed by atoms with van der Waals surface area (Å²) in [5, 5.41) is 12.0. The van der Waals surface area contributed by atoms with Gasteiger partial charge < -0.3 is 10.6 Å². The molecule has 0 aromatic carbocycles. The molecule has 6 nitrogen and oxygen atoms in total. The van der Waals surface area contributed by atoms with E-state index >= 15 is 0 Å². The summed E-state index contributed by atoms with van der Waals surface area (Å²) in [6.45, 7) is 3.65. The summed E-state index contributed by atoms with van der Waals surface area (Å²) < 4.78 is 0. The Labute approximate surface area is 98.8 Å². The SMILES string of the molecule is CC1(C(=O)Nc2ccc(=O)[nH]n2)CCNCC1. The van der Waals surface area contributed by atoms with Gasteiger partial charge >= 0.3 is 0 Å². The molecule has 1 aliphatic rings. The van der Waals surface area contributed by atoms with Crippen molar-refractivity contribution in [3.63, 3.8) is 0 Å². The minimum Gasteiger partial charge on any atom is -0.317 e. The van der Waals surface area contributed by atoms with E-state index in [-0.39, 0.29) is 16.9 Å². The van der Waals surface area contributed by atoms with Crippen LogP contribution in [0.25, 0.3) is 0 Å². The van der Waals surface area contributed by atoms with Crippen molar-refractivity contribution in [1.82, 2.24) is 15.5 Å². The maximum atomic E-state index is 12.1. The lowest BCUT2D eigenvalue weighted by Crippen LogP contribution is -2.43. The predicted octanol–water partition coefficient (Wildman–Crippen LogP) is 0.0981. The largest absolute Gasteiger partial charge is 0.317 e. The highest BCUT2D eigenvalue weighted by atomic mass is 16.2. The smallest absolute Gasteiger partial charge is 0.264 e. The highest BCUT2D eigenvalue weighted by Gasteiger charge is 2.34. The number of carbonyl (C=O) groups excluding carboxylic acids is 1. The monoisotopic (exact) mass is 236 g/mol. The van der Waals surface area contributed by atoms with E-state index in [4.69, 9.17) is 0 Å². The number of rotatable bonds is 2. The second kappa shape index (κ2) is 4.67. The molecule has 1 aromatic heterocycles. The molecule has 1 aromatic rings. The van der Waals surface area contributed by atoms with Gasteiger partial charge in [-0.2, -0.15) is 5.10 Å². The van der Waals surface area contributed by atoms with Gasteiger partial charge in [0, 0.05) is 11.5 Å². The minimum absolute atomic E-state index is 0.0430. The number of nitrogens with zero attached hydrogens (tertiary/aromatic N) is 1. The predicted molar refractivity (Wildman–Crippen MR) is 63.7 cm³/mol. The van der Waals surface area contributed by atoms with Crippen LogP contribution in [-0.4, -0.2) is 29.2 Å². The van der Waals surface area contributed by atoms with Crippen LogP contribution in [0, 0.1) is 5.41 Å². The molecule has 17 heavy (non-hydrogen) atoms. The molecule has 1 saturated heterocycles. The number of hydrogen-bond donors (Lipinski definition) is 3. The number of anilines is 1. The van der Waals surface area contributed by atoms with Crippen molar-refractivity contribution >= 4 is 11.7 Å². The van der Waals surface area contributed by atoms with Crippen molar-refractivity contribution in [2.75, 3.05) is 18.4 Å². The summed E-state index contributed by atoms with van der Waals surface area (Å²) >= 11 is 0. The molecule has 2 heterocycles. The first-order valence-electron chi connectivity index (χ1n) is 5.68. The number of hydrogen-bond acceptors (Lipinski definition) is 4. The molecule has 0 atom stereocenters. The Bertz CT molecular complexity index is 442. The summed E-state index contributed by atoms with van der Waals surface area (Å²) in [6.07, 6.45) is 1.62. The van der Waals surface area contributed by atoms with Crippen LogP contribution in [0.15, 0.2) is 16.9 Å². The summed E-state index contributed by atoms with van der Waals surface area (Å²) in [4.78, 5) is 22.9. The zero-order valence-corrected chi connectivity index (χ0v) is 9.75. The van der Waals surface area contributed by atoms with Gasteiger partial charge in [-0.25, -0.2) is 5.10 Å². The molecule has 6 heteroatoms. The zero-order chi connectivity index (χ0) is 12.3. The quantitative estimate of drug-likeness (QED) is 0.679. The van der Waals surface area contributed by atoms with E-state index in [1.807, 2.05) is 6.92 Å². The van der Waals surface area contributed by atoms with Gasteiger partial charge in [-0.05, 0) is 32.0 Å². The van der Waals surface area contributed by atoms with Gasteiger partial charge in [-0.15, -0.1) is 0 Å². The van der Waals surface area contributed by atoms with E-state index in [1.54, 1.807) is 0 Å². The van der Waals surface area contributed by atoms with Crippen LogP contribution in [0.4, 0.5) is 5.82 Å². The van der Waals surface area contributed by atoms with Crippen LogP contribution in [0.1, 0.15) is 19.8 Å². The van der Waals surface area contributed by atoms with Crippen LogP contribution in [0.2, 0.25) is 0 Å². The number of nitrogens with one attached hydrogen (secondary N) is 3. The third kappa shape index (κ3) is 2.71.